The quantitative estimate of drug-likeness (QED) is 0.322. The lowest BCUT2D eigenvalue weighted by molar-refractivity contribution is -0.137. The molecule has 2 saturated heterocycles. The molecule has 1 aliphatic carbocycles. The van der Waals surface area contributed by atoms with Crippen LogP contribution in [0.1, 0.15) is 121 Å². The van der Waals surface area contributed by atoms with Gasteiger partial charge in [-0.15, -0.1) is 0 Å². The third-order valence-corrected chi connectivity index (χ3v) is 9.79. The molecular formula is C36H53N5O7. The second kappa shape index (κ2) is 14.3. The van der Waals surface area contributed by atoms with Crippen LogP contribution >= 0.6 is 0 Å². The highest BCUT2D eigenvalue weighted by molar-refractivity contribution is 6.06. The molecule has 2 atom stereocenters. The van der Waals surface area contributed by atoms with Gasteiger partial charge >= 0.3 is 12.2 Å². The molecule has 264 valence electrons. The standard InChI is InChI=1S/C36H53N5O7/c1-35(2,3)47-33(45)38-24-12-10-23(11-13-24)30-29-25(32(44)41(30)27-14-15-28(42)39-31(27)43)8-7-9-26(29)37-19-16-22-17-20-40(21-18-22)34(46)48-36(4,5)6/h7-9,22-24,27,30,37H,10-21H2,1-6H3,(H,38,45)(H,39,42,43)/t23?,24?,27-,30-/m1/s1. The summed E-state index contributed by atoms with van der Waals surface area (Å²) in [6, 6.07) is 4.63. The van der Waals surface area contributed by atoms with Crippen LogP contribution in [-0.4, -0.2) is 82.6 Å². The largest absolute Gasteiger partial charge is 0.444 e. The molecule has 0 radical (unpaired) electrons. The number of piperidine rings is 2. The van der Waals surface area contributed by atoms with Crippen molar-refractivity contribution in [1.29, 1.82) is 0 Å². The van der Waals surface area contributed by atoms with E-state index in [0.29, 0.717) is 37.5 Å². The van der Waals surface area contributed by atoms with E-state index in [1.54, 1.807) is 9.80 Å². The Labute approximate surface area is 284 Å². The van der Waals surface area contributed by atoms with Gasteiger partial charge in [-0.3, -0.25) is 19.7 Å². The van der Waals surface area contributed by atoms with Crippen molar-refractivity contribution in [2.45, 2.75) is 129 Å². The number of ether oxygens (including phenoxy) is 2. The number of alkyl carbamates (subject to hydrolysis) is 1. The monoisotopic (exact) mass is 667 g/mol. The van der Waals surface area contributed by atoms with Gasteiger partial charge in [0.25, 0.3) is 5.91 Å². The molecule has 3 N–H and O–H groups in total. The van der Waals surface area contributed by atoms with Crippen molar-refractivity contribution in [3.8, 4) is 0 Å². The third kappa shape index (κ3) is 8.60. The highest BCUT2D eigenvalue weighted by Crippen LogP contribution is 2.49. The van der Waals surface area contributed by atoms with Crippen molar-refractivity contribution in [3.63, 3.8) is 0 Å². The molecule has 12 heteroatoms. The summed E-state index contributed by atoms with van der Waals surface area (Å²) >= 11 is 0. The minimum atomic E-state index is -0.729. The van der Waals surface area contributed by atoms with Crippen molar-refractivity contribution in [2.75, 3.05) is 25.0 Å². The Bertz CT molecular complexity index is 1380. The van der Waals surface area contributed by atoms with Crippen LogP contribution in [0.3, 0.4) is 0 Å². The van der Waals surface area contributed by atoms with Crippen LogP contribution in [0.5, 0.6) is 0 Å². The van der Waals surface area contributed by atoms with Crippen LogP contribution in [0, 0.1) is 11.8 Å². The molecule has 1 saturated carbocycles. The number of benzene rings is 1. The summed E-state index contributed by atoms with van der Waals surface area (Å²) in [4.78, 5) is 67.7. The number of fused-ring (bicyclic) bond motifs is 1. The first-order valence-electron chi connectivity index (χ1n) is 17.6. The third-order valence-electron chi connectivity index (χ3n) is 9.79. The first-order valence-corrected chi connectivity index (χ1v) is 17.6. The van der Waals surface area contributed by atoms with Gasteiger partial charge in [-0.25, -0.2) is 9.59 Å². The molecule has 48 heavy (non-hydrogen) atoms. The molecule has 0 spiro atoms. The molecule has 1 aromatic rings. The van der Waals surface area contributed by atoms with Crippen molar-refractivity contribution >= 4 is 35.6 Å². The van der Waals surface area contributed by atoms with E-state index in [1.807, 2.05) is 59.7 Å². The maximum absolute atomic E-state index is 14.1. The van der Waals surface area contributed by atoms with Crippen LogP contribution in [-0.2, 0) is 19.1 Å². The average Bonchev–Trinajstić information content (AvgIpc) is 3.28. The maximum Gasteiger partial charge on any atom is 0.410 e. The molecule has 3 fully saturated rings. The summed E-state index contributed by atoms with van der Waals surface area (Å²) < 4.78 is 11.0. The summed E-state index contributed by atoms with van der Waals surface area (Å²) in [7, 11) is 0. The highest BCUT2D eigenvalue weighted by atomic mass is 16.6. The van der Waals surface area contributed by atoms with E-state index in [4.69, 9.17) is 9.47 Å². The van der Waals surface area contributed by atoms with Gasteiger partial charge in [-0.05, 0) is 117 Å². The van der Waals surface area contributed by atoms with E-state index in [1.165, 1.54) is 0 Å². The van der Waals surface area contributed by atoms with Gasteiger partial charge in [0.2, 0.25) is 11.8 Å². The lowest BCUT2D eigenvalue weighted by Gasteiger charge is -2.41. The number of hydrogen-bond donors (Lipinski definition) is 3. The highest BCUT2D eigenvalue weighted by Gasteiger charge is 2.49. The fraction of sp³-hybridized carbons (Fsp3) is 0.694. The number of nitrogens with zero attached hydrogens (tertiary/aromatic N) is 2. The number of anilines is 1. The molecule has 0 aromatic heterocycles. The molecule has 3 aliphatic heterocycles. The van der Waals surface area contributed by atoms with Gasteiger partial charge in [-0.1, -0.05) is 6.07 Å². The molecule has 3 heterocycles. The van der Waals surface area contributed by atoms with Gasteiger partial charge < -0.3 is 29.9 Å². The minimum Gasteiger partial charge on any atom is -0.444 e. The molecule has 0 unspecified atom stereocenters. The van der Waals surface area contributed by atoms with E-state index in [0.717, 1.165) is 56.2 Å². The summed E-state index contributed by atoms with van der Waals surface area (Å²) in [5.41, 5.74) is 1.29. The van der Waals surface area contributed by atoms with E-state index in [-0.39, 0.29) is 42.3 Å². The van der Waals surface area contributed by atoms with E-state index < -0.39 is 29.2 Å². The van der Waals surface area contributed by atoms with Crippen LogP contribution in [0.25, 0.3) is 0 Å². The Morgan fingerprint density at radius 2 is 1.56 bits per heavy atom. The summed E-state index contributed by atoms with van der Waals surface area (Å²) in [5.74, 6) is -0.401. The molecule has 5 amide bonds. The molecule has 12 nitrogen and oxygen atoms in total. The Morgan fingerprint density at radius 3 is 2.19 bits per heavy atom. The van der Waals surface area contributed by atoms with Crippen molar-refractivity contribution in [2.24, 2.45) is 11.8 Å². The second-order valence-electron chi connectivity index (χ2n) is 15.8. The first kappa shape index (κ1) is 35.5. The number of imide groups is 1. The zero-order chi connectivity index (χ0) is 34.8. The first-order chi connectivity index (χ1) is 22.6. The summed E-state index contributed by atoms with van der Waals surface area (Å²) in [6.45, 7) is 13.2. The number of nitrogens with one attached hydrogen (secondary N) is 3. The SMILES string of the molecule is CC(C)(C)OC(=O)NC1CCC([C@@H]2c3c(NCCC4CCN(C(=O)OC(C)(C)C)CC4)cccc3C(=O)N2[C@@H]2CCC(=O)NC2=O)CC1. The lowest BCUT2D eigenvalue weighted by Crippen LogP contribution is -2.54. The fourth-order valence-corrected chi connectivity index (χ4v) is 7.57. The Balaban J connectivity index is 1.28. The van der Waals surface area contributed by atoms with Gasteiger partial charge in [0.05, 0.1) is 6.04 Å². The number of hydrogen-bond acceptors (Lipinski definition) is 8. The van der Waals surface area contributed by atoms with Crippen LogP contribution in [0.15, 0.2) is 18.2 Å². The average molecular weight is 668 g/mol. The van der Waals surface area contributed by atoms with Crippen LogP contribution in [0.4, 0.5) is 15.3 Å². The number of carbonyl (C=O) groups excluding carboxylic acids is 5. The molecule has 0 bridgehead atoms. The Morgan fingerprint density at radius 1 is 0.896 bits per heavy atom. The molecule has 5 rings (SSSR count). The molecule has 4 aliphatic rings. The van der Waals surface area contributed by atoms with E-state index in [9.17, 15) is 24.0 Å². The lowest BCUT2D eigenvalue weighted by atomic mass is 9.78. The normalized spacial score (nSPS) is 25.3. The number of likely N-dealkylation sites (tertiary alicyclic amines) is 1. The summed E-state index contributed by atoms with van der Waals surface area (Å²) in [6.07, 6.45) is 5.48. The summed E-state index contributed by atoms with van der Waals surface area (Å²) in [5, 5.41) is 9.09. The fourth-order valence-electron chi connectivity index (χ4n) is 7.57. The Hall–Kier alpha value is -3.83. The molecular weight excluding hydrogens is 614 g/mol. The van der Waals surface area contributed by atoms with E-state index >= 15 is 0 Å². The van der Waals surface area contributed by atoms with Crippen molar-refractivity contribution < 1.29 is 33.4 Å². The van der Waals surface area contributed by atoms with Gasteiger partial charge in [0.15, 0.2) is 0 Å². The minimum absolute atomic E-state index is 0.0353. The topological polar surface area (TPSA) is 146 Å². The zero-order valence-electron chi connectivity index (χ0n) is 29.4. The van der Waals surface area contributed by atoms with Crippen LogP contribution < -0.4 is 16.0 Å². The Kier molecular flexibility index (Phi) is 10.6. The van der Waals surface area contributed by atoms with Gasteiger partial charge in [0, 0.05) is 48.9 Å². The number of rotatable bonds is 7. The van der Waals surface area contributed by atoms with Crippen molar-refractivity contribution in [1.82, 2.24) is 20.4 Å². The zero-order valence-corrected chi connectivity index (χ0v) is 29.4. The van der Waals surface area contributed by atoms with Crippen molar-refractivity contribution in [3.05, 3.63) is 29.3 Å². The smallest absolute Gasteiger partial charge is 0.410 e. The molecule has 1 aromatic carbocycles. The van der Waals surface area contributed by atoms with E-state index in [2.05, 4.69) is 16.0 Å². The number of carbonyl (C=O) groups is 5. The second-order valence-corrected chi connectivity index (χ2v) is 15.8. The van der Waals surface area contributed by atoms with Gasteiger partial charge in [-0.2, -0.15) is 0 Å². The van der Waals surface area contributed by atoms with Crippen LogP contribution in [0.2, 0.25) is 0 Å². The predicted molar refractivity (Wildman–Crippen MR) is 180 cm³/mol. The van der Waals surface area contributed by atoms with Gasteiger partial charge in [0.1, 0.15) is 17.2 Å². The maximum atomic E-state index is 14.1. The number of amides is 5. The predicted octanol–water partition coefficient (Wildman–Crippen LogP) is 5.52.